The zero-order chi connectivity index (χ0) is 17.8. The summed E-state index contributed by atoms with van der Waals surface area (Å²) in [6.07, 6.45) is 8.87. The summed E-state index contributed by atoms with van der Waals surface area (Å²) in [6.45, 7) is 11.9. The van der Waals surface area contributed by atoms with E-state index in [4.69, 9.17) is 5.11 Å². The van der Waals surface area contributed by atoms with Crippen LogP contribution in [0, 0.1) is 11.8 Å². The second-order valence-electron chi connectivity index (χ2n) is 7.08. The molecule has 0 unspecified atom stereocenters. The number of hydrogen-bond donors (Lipinski definition) is 1. The predicted octanol–water partition coefficient (Wildman–Crippen LogP) is 5.56. The van der Waals surface area contributed by atoms with Crippen LogP contribution in [0.15, 0.2) is 23.8 Å². The summed E-state index contributed by atoms with van der Waals surface area (Å²) in [5.41, 5.74) is 1.92. The van der Waals surface area contributed by atoms with Crippen LogP contribution in [0.5, 0.6) is 0 Å². The minimum atomic E-state index is -0.706. The molecule has 0 aromatic rings. The Hall–Kier alpha value is -1.38. The molecule has 2 atom stereocenters. The lowest BCUT2D eigenvalue weighted by atomic mass is 9.93. The molecule has 0 aliphatic carbocycles. The zero-order valence-electron chi connectivity index (χ0n) is 15.4. The highest BCUT2D eigenvalue weighted by molar-refractivity contribution is 5.94. The van der Waals surface area contributed by atoms with Crippen LogP contribution in [0.4, 0.5) is 0 Å². The van der Waals surface area contributed by atoms with Crippen molar-refractivity contribution in [1.82, 2.24) is 0 Å². The molecule has 0 aliphatic heterocycles. The van der Waals surface area contributed by atoms with Gasteiger partial charge in [-0.3, -0.25) is 9.59 Å². The van der Waals surface area contributed by atoms with Crippen LogP contribution in [0.1, 0.15) is 79.1 Å². The molecule has 3 heteroatoms. The molecule has 0 rings (SSSR count). The van der Waals surface area contributed by atoms with Crippen LogP contribution < -0.4 is 0 Å². The summed E-state index contributed by atoms with van der Waals surface area (Å²) in [5.74, 6) is 0.389. The fourth-order valence-corrected chi connectivity index (χ4v) is 2.58. The number of ketones is 1. The van der Waals surface area contributed by atoms with Crippen molar-refractivity contribution >= 4 is 11.8 Å². The van der Waals surface area contributed by atoms with Crippen molar-refractivity contribution in [1.29, 1.82) is 0 Å². The number of Topliss-reactive ketones (excluding diaryl/α,β-unsaturated/α-hetero) is 1. The standard InChI is InChI=1S/C20H34O3/c1-15(2)12-13-19(21)18(5)11-7-9-16(3)8-6-10-17(4)14-20(22)23/h11,16-17H,1,6-10,12-14H2,2-5H3,(H,22,23)/b18-11-/t16-,17+/m1/s1. The first-order chi connectivity index (χ1) is 10.7. The van der Waals surface area contributed by atoms with Gasteiger partial charge in [-0.15, -0.1) is 6.58 Å². The first kappa shape index (κ1) is 21.6. The van der Waals surface area contributed by atoms with Crippen molar-refractivity contribution in [2.24, 2.45) is 11.8 Å². The topological polar surface area (TPSA) is 54.4 Å². The fraction of sp³-hybridized carbons (Fsp3) is 0.700. The normalized spacial score (nSPS) is 14.3. The molecule has 0 amide bonds. The highest BCUT2D eigenvalue weighted by Gasteiger charge is 2.09. The number of carbonyl (C=O) groups excluding carboxylic acids is 1. The first-order valence-electron chi connectivity index (χ1n) is 8.78. The van der Waals surface area contributed by atoms with E-state index < -0.39 is 5.97 Å². The number of carboxylic acid groups (broad SMARTS) is 1. The van der Waals surface area contributed by atoms with E-state index in [9.17, 15) is 9.59 Å². The Bertz CT molecular complexity index is 421. The smallest absolute Gasteiger partial charge is 0.303 e. The van der Waals surface area contributed by atoms with Crippen molar-refractivity contribution in [3.8, 4) is 0 Å². The van der Waals surface area contributed by atoms with Gasteiger partial charge in [-0.2, -0.15) is 0 Å². The number of rotatable bonds is 13. The lowest BCUT2D eigenvalue weighted by molar-refractivity contribution is -0.138. The maximum Gasteiger partial charge on any atom is 0.303 e. The number of carbonyl (C=O) groups is 2. The second-order valence-corrected chi connectivity index (χ2v) is 7.08. The van der Waals surface area contributed by atoms with Crippen molar-refractivity contribution in [3.05, 3.63) is 23.8 Å². The zero-order valence-corrected chi connectivity index (χ0v) is 15.4. The molecule has 0 aromatic carbocycles. The Morgan fingerprint density at radius 3 is 2.22 bits per heavy atom. The predicted molar refractivity (Wildman–Crippen MR) is 96.5 cm³/mol. The lowest BCUT2D eigenvalue weighted by Gasteiger charge is -2.12. The highest BCUT2D eigenvalue weighted by atomic mass is 16.4. The SMILES string of the molecule is C=C(C)CCC(=O)/C(C)=C\CC[C@H](C)CCC[C@H](C)CC(=O)O. The minimum Gasteiger partial charge on any atom is -0.481 e. The van der Waals surface area contributed by atoms with E-state index >= 15 is 0 Å². The van der Waals surface area contributed by atoms with Crippen LogP contribution in [-0.4, -0.2) is 16.9 Å². The van der Waals surface area contributed by atoms with Gasteiger partial charge in [-0.05, 0) is 50.5 Å². The molecule has 0 radical (unpaired) electrons. The summed E-state index contributed by atoms with van der Waals surface area (Å²) in [4.78, 5) is 22.5. The molecule has 132 valence electrons. The van der Waals surface area contributed by atoms with Gasteiger partial charge in [0.2, 0.25) is 0 Å². The summed E-state index contributed by atoms with van der Waals surface area (Å²) in [7, 11) is 0. The third-order valence-corrected chi connectivity index (χ3v) is 4.25. The third kappa shape index (κ3) is 12.8. The van der Waals surface area contributed by atoms with E-state index in [-0.39, 0.29) is 18.1 Å². The summed E-state index contributed by atoms with van der Waals surface area (Å²) < 4.78 is 0. The molecule has 23 heavy (non-hydrogen) atoms. The van der Waals surface area contributed by atoms with Crippen LogP contribution in [-0.2, 0) is 9.59 Å². The average Bonchev–Trinajstić information content (AvgIpc) is 2.43. The Balaban J connectivity index is 3.89. The summed E-state index contributed by atoms with van der Waals surface area (Å²) in [5, 5.41) is 8.74. The van der Waals surface area contributed by atoms with Gasteiger partial charge in [0.1, 0.15) is 0 Å². The highest BCUT2D eigenvalue weighted by Crippen LogP contribution is 2.19. The van der Waals surface area contributed by atoms with E-state index in [1.807, 2.05) is 20.8 Å². The maximum atomic E-state index is 11.9. The molecule has 0 fully saturated rings. The molecule has 0 saturated heterocycles. The van der Waals surface area contributed by atoms with Gasteiger partial charge in [0.25, 0.3) is 0 Å². The molecule has 0 bridgehead atoms. The molecule has 1 N–H and O–H groups in total. The number of aliphatic carboxylic acids is 1. The van der Waals surface area contributed by atoms with E-state index in [2.05, 4.69) is 19.6 Å². The van der Waals surface area contributed by atoms with Crippen LogP contribution in [0.2, 0.25) is 0 Å². The quantitative estimate of drug-likeness (QED) is 0.357. The van der Waals surface area contributed by atoms with E-state index in [0.717, 1.165) is 49.7 Å². The molecule has 0 heterocycles. The van der Waals surface area contributed by atoms with Gasteiger partial charge in [-0.1, -0.05) is 44.8 Å². The molecular formula is C20H34O3. The summed E-state index contributed by atoms with van der Waals surface area (Å²) in [6, 6.07) is 0. The Labute approximate surface area is 141 Å². The first-order valence-corrected chi connectivity index (χ1v) is 8.78. The van der Waals surface area contributed by atoms with Gasteiger partial charge in [0.15, 0.2) is 5.78 Å². The molecule has 0 aliphatic rings. The van der Waals surface area contributed by atoms with Gasteiger partial charge in [0.05, 0.1) is 0 Å². The van der Waals surface area contributed by atoms with Gasteiger partial charge in [-0.25, -0.2) is 0 Å². The molecule has 0 spiro atoms. The van der Waals surface area contributed by atoms with E-state index in [0.29, 0.717) is 12.3 Å². The van der Waals surface area contributed by atoms with Crippen molar-refractivity contribution < 1.29 is 14.7 Å². The van der Waals surface area contributed by atoms with Gasteiger partial charge in [0, 0.05) is 12.8 Å². The molecule has 3 nitrogen and oxygen atoms in total. The third-order valence-electron chi connectivity index (χ3n) is 4.25. The molecule has 0 aromatic heterocycles. The number of hydrogen-bond acceptors (Lipinski definition) is 2. The lowest BCUT2D eigenvalue weighted by Crippen LogP contribution is -2.05. The van der Waals surface area contributed by atoms with E-state index in [1.165, 1.54) is 0 Å². The fourth-order valence-electron chi connectivity index (χ4n) is 2.58. The van der Waals surface area contributed by atoms with Gasteiger partial charge < -0.3 is 5.11 Å². The maximum absolute atomic E-state index is 11.9. The van der Waals surface area contributed by atoms with Crippen LogP contribution in [0.25, 0.3) is 0 Å². The molecule has 0 saturated carbocycles. The Morgan fingerprint density at radius 1 is 1.04 bits per heavy atom. The minimum absolute atomic E-state index is 0.225. The van der Waals surface area contributed by atoms with E-state index in [1.54, 1.807) is 0 Å². The second kappa shape index (κ2) is 12.1. The van der Waals surface area contributed by atoms with Crippen LogP contribution >= 0.6 is 0 Å². The Morgan fingerprint density at radius 2 is 1.65 bits per heavy atom. The van der Waals surface area contributed by atoms with Crippen molar-refractivity contribution in [2.45, 2.75) is 79.1 Å². The number of carboxylic acids is 1. The monoisotopic (exact) mass is 322 g/mol. The average molecular weight is 322 g/mol. The number of allylic oxidation sites excluding steroid dienone is 3. The Kier molecular flexibility index (Phi) is 11.4. The van der Waals surface area contributed by atoms with Crippen molar-refractivity contribution in [2.75, 3.05) is 0 Å². The van der Waals surface area contributed by atoms with Gasteiger partial charge >= 0.3 is 5.97 Å². The molecular weight excluding hydrogens is 288 g/mol. The van der Waals surface area contributed by atoms with Crippen molar-refractivity contribution in [3.63, 3.8) is 0 Å². The van der Waals surface area contributed by atoms with Crippen LogP contribution in [0.3, 0.4) is 0 Å². The largest absolute Gasteiger partial charge is 0.481 e. The summed E-state index contributed by atoms with van der Waals surface area (Å²) >= 11 is 0.